The molecule has 0 aliphatic rings. The molecule has 0 atom stereocenters. The van der Waals surface area contributed by atoms with Gasteiger partial charge in [0, 0.05) is 16.8 Å². The van der Waals surface area contributed by atoms with Crippen LogP contribution in [-0.2, 0) is 0 Å². The van der Waals surface area contributed by atoms with Crippen molar-refractivity contribution in [1.82, 2.24) is 4.98 Å². The molecule has 0 amide bonds. The number of nitrogens with zero attached hydrogens (tertiary/aromatic N) is 1. The van der Waals surface area contributed by atoms with Crippen molar-refractivity contribution in [3.05, 3.63) is 60.2 Å². The molecule has 0 bridgehead atoms. The van der Waals surface area contributed by atoms with Gasteiger partial charge < -0.3 is 21.7 Å². The van der Waals surface area contributed by atoms with Crippen molar-refractivity contribution in [1.29, 1.82) is 0 Å². The van der Waals surface area contributed by atoms with Gasteiger partial charge in [-0.05, 0) is 35.9 Å². The van der Waals surface area contributed by atoms with Gasteiger partial charge in [-0.25, -0.2) is 9.78 Å². The van der Waals surface area contributed by atoms with Crippen LogP contribution in [0.15, 0.2) is 54.6 Å². The molecule has 0 saturated carbocycles. The molecule has 122 valence electrons. The van der Waals surface area contributed by atoms with Crippen LogP contribution in [0.2, 0.25) is 0 Å². The van der Waals surface area contributed by atoms with E-state index in [1.54, 1.807) is 48.5 Å². The number of carboxylic acids is 1. The number of aromatic nitrogens is 1. The standard InChI is InChI=1S/C18H15N3O3.Na.H/c19-11-5-3-4-10(8-11)13-9-14(12-6-1-2-7-15(12)22)21-17(20)16(13)18(23)24;;/h1-9,22H,19H2,(H2,20,21)(H,23,24);;. The fraction of sp³-hybridized carbons (Fsp3) is 0. The normalized spacial score (nSPS) is 10.1. The Kier molecular flexibility index (Phi) is 5.69. The van der Waals surface area contributed by atoms with Gasteiger partial charge in [-0.1, -0.05) is 24.3 Å². The van der Waals surface area contributed by atoms with Crippen molar-refractivity contribution >= 4 is 47.0 Å². The number of nitrogens with two attached hydrogens (primary N) is 2. The van der Waals surface area contributed by atoms with E-state index in [9.17, 15) is 15.0 Å². The fourth-order valence-electron chi connectivity index (χ4n) is 2.55. The maximum absolute atomic E-state index is 11.6. The van der Waals surface area contributed by atoms with Crippen LogP contribution in [0.5, 0.6) is 5.75 Å². The van der Waals surface area contributed by atoms with Crippen LogP contribution >= 0.6 is 0 Å². The van der Waals surface area contributed by atoms with Crippen LogP contribution in [0, 0.1) is 0 Å². The van der Waals surface area contributed by atoms with Gasteiger partial charge >= 0.3 is 35.5 Å². The predicted octanol–water partition coefficient (Wildman–Crippen LogP) is 2.34. The van der Waals surface area contributed by atoms with Crippen molar-refractivity contribution in [2.24, 2.45) is 0 Å². The zero-order valence-corrected chi connectivity index (χ0v) is 12.6. The second kappa shape index (κ2) is 7.57. The van der Waals surface area contributed by atoms with Crippen LogP contribution in [0.4, 0.5) is 11.5 Å². The molecule has 0 radical (unpaired) electrons. The first-order chi connectivity index (χ1) is 11.5. The first kappa shape index (κ1) is 18.8. The Balaban J connectivity index is 0.00000225. The number of rotatable bonds is 3. The third-order valence-electron chi connectivity index (χ3n) is 3.64. The number of benzene rings is 2. The SMILES string of the molecule is Nc1cccc(-c2cc(-c3ccccc3O)nc(N)c2C(=O)O)c1.[NaH]. The molecule has 1 aromatic heterocycles. The van der Waals surface area contributed by atoms with E-state index >= 15 is 0 Å². The summed E-state index contributed by atoms with van der Waals surface area (Å²) in [5, 5.41) is 19.5. The number of para-hydroxylation sites is 1. The molecular weight excluding hydrogens is 329 g/mol. The van der Waals surface area contributed by atoms with Gasteiger partial charge in [0.25, 0.3) is 0 Å². The molecule has 0 aliphatic heterocycles. The first-order valence-corrected chi connectivity index (χ1v) is 7.15. The van der Waals surface area contributed by atoms with Gasteiger partial charge in [0.2, 0.25) is 0 Å². The third kappa shape index (κ3) is 3.76. The molecule has 0 fully saturated rings. The number of phenolic OH excluding ortho intramolecular Hbond substituents is 1. The van der Waals surface area contributed by atoms with Gasteiger partial charge in [0.05, 0.1) is 5.69 Å². The molecule has 6 nitrogen and oxygen atoms in total. The Bertz CT molecular complexity index is 945. The van der Waals surface area contributed by atoms with Crippen molar-refractivity contribution in [2.75, 3.05) is 11.5 Å². The van der Waals surface area contributed by atoms with E-state index in [-0.39, 0.29) is 46.7 Å². The van der Waals surface area contributed by atoms with Crippen LogP contribution in [0.3, 0.4) is 0 Å². The van der Waals surface area contributed by atoms with Crippen molar-refractivity contribution in [2.45, 2.75) is 0 Å². The molecule has 3 rings (SSSR count). The zero-order valence-electron chi connectivity index (χ0n) is 12.6. The van der Waals surface area contributed by atoms with Gasteiger partial charge in [-0.3, -0.25) is 0 Å². The maximum atomic E-state index is 11.6. The Hall–Kier alpha value is -2.54. The number of aromatic hydroxyl groups is 1. The zero-order chi connectivity index (χ0) is 17.3. The van der Waals surface area contributed by atoms with E-state index in [0.717, 1.165) is 0 Å². The summed E-state index contributed by atoms with van der Waals surface area (Å²) in [5.41, 5.74) is 13.9. The fourth-order valence-corrected chi connectivity index (χ4v) is 2.55. The first-order valence-electron chi connectivity index (χ1n) is 7.15. The number of hydrogen-bond donors (Lipinski definition) is 4. The molecule has 1 heterocycles. The van der Waals surface area contributed by atoms with E-state index in [4.69, 9.17) is 11.5 Å². The molecule has 25 heavy (non-hydrogen) atoms. The van der Waals surface area contributed by atoms with Gasteiger partial charge in [0.15, 0.2) is 0 Å². The summed E-state index contributed by atoms with van der Waals surface area (Å²) in [6.45, 7) is 0. The van der Waals surface area contributed by atoms with Gasteiger partial charge in [-0.2, -0.15) is 0 Å². The van der Waals surface area contributed by atoms with Crippen LogP contribution in [0.25, 0.3) is 22.4 Å². The second-order valence-corrected chi connectivity index (χ2v) is 5.26. The summed E-state index contributed by atoms with van der Waals surface area (Å²) in [6.07, 6.45) is 0. The summed E-state index contributed by atoms with van der Waals surface area (Å²) in [5.74, 6) is -1.27. The van der Waals surface area contributed by atoms with Crippen LogP contribution in [0.1, 0.15) is 10.4 Å². The monoisotopic (exact) mass is 345 g/mol. The Morgan fingerprint density at radius 2 is 1.68 bits per heavy atom. The van der Waals surface area contributed by atoms with Crippen molar-refractivity contribution in [3.63, 3.8) is 0 Å². The topological polar surface area (TPSA) is 122 Å². The molecule has 6 N–H and O–H groups in total. The van der Waals surface area contributed by atoms with Crippen molar-refractivity contribution in [3.8, 4) is 28.1 Å². The number of nitrogen functional groups attached to an aromatic ring is 2. The van der Waals surface area contributed by atoms with E-state index in [0.29, 0.717) is 28.1 Å². The Labute approximate surface area is 166 Å². The molecule has 0 unspecified atom stereocenters. The van der Waals surface area contributed by atoms with E-state index in [1.165, 1.54) is 6.07 Å². The third-order valence-corrected chi connectivity index (χ3v) is 3.64. The molecule has 7 heteroatoms. The summed E-state index contributed by atoms with van der Waals surface area (Å²) in [4.78, 5) is 15.8. The quantitative estimate of drug-likeness (QED) is 0.427. The number of anilines is 2. The molecule has 3 aromatic rings. The van der Waals surface area contributed by atoms with Crippen LogP contribution < -0.4 is 11.5 Å². The summed E-state index contributed by atoms with van der Waals surface area (Å²) in [7, 11) is 0. The molecular formula is C18H16N3NaO3. The Morgan fingerprint density at radius 1 is 0.960 bits per heavy atom. The minimum absolute atomic E-state index is 0. The number of hydrogen-bond acceptors (Lipinski definition) is 5. The van der Waals surface area contributed by atoms with E-state index in [1.807, 2.05) is 0 Å². The molecule has 0 saturated heterocycles. The number of carboxylic acid groups (broad SMARTS) is 1. The van der Waals surface area contributed by atoms with E-state index in [2.05, 4.69) is 4.98 Å². The average Bonchev–Trinajstić information content (AvgIpc) is 2.54. The van der Waals surface area contributed by atoms with E-state index < -0.39 is 5.97 Å². The molecule has 0 aliphatic carbocycles. The molecule has 0 spiro atoms. The minimum atomic E-state index is -1.18. The Morgan fingerprint density at radius 3 is 2.32 bits per heavy atom. The molecule has 2 aromatic carbocycles. The summed E-state index contributed by atoms with van der Waals surface area (Å²) in [6, 6.07) is 15.1. The second-order valence-electron chi connectivity index (χ2n) is 5.26. The predicted molar refractivity (Wildman–Crippen MR) is 99.7 cm³/mol. The van der Waals surface area contributed by atoms with Crippen LogP contribution in [-0.4, -0.2) is 50.7 Å². The number of pyridine rings is 1. The number of aromatic carboxylic acids is 1. The number of phenols is 1. The van der Waals surface area contributed by atoms with Crippen molar-refractivity contribution < 1.29 is 15.0 Å². The average molecular weight is 345 g/mol. The van der Waals surface area contributed by atoms with Gasteiger partial charge in [-0.15, -0.1) is 0 Å². The number of carbonyl (C=O) groups is 1. The summed E-state index contributed by atoms with van der Waals surface area (Å²) < 4.78 is 0. The summed E-state index contributed by atoms with van der Waals surface area (Å²) >= 11 is 0. The van der Waals surface area contributed by atoms with Gasteiger partial charge in [0.1, 0.15) is 17.1 Å².